The topological polar surface area (TPSA) is 196 Å². The molecular weight excluding hydrogens is 1280 g/mol. The van der Waals surface area contributed by atoms with Crippen molar-refractivity contribution in [2.24, 2.45) is 0 Å². The van der Waals surface area contributed by atoms with Gasteiger partial charge in [-0.1, -0.05) is 0 Å². The number of pyridine rings is 3. The highest BCUT2D eigenvalue weighted by atomic mass is 32.2. The molecule has 0 N–H and O–H groups in total. The molecule has 0 aromatic carbocycles. The molecule has 9 aromatic rings. The summed E-state index contributed by atoms with van der Waals surface area (Å²) in [5.41, 5.74) is -6.46. The molecule has 9 aromatic heterocycles. The fraction of sp³-hybridized carbons (Fsp3) is 0.423. The van der Waals surface area contributed by atoms with Gasteiger partial charge >= 0.3 is 18.5 Å². The normalized spacial score (nSPS) is 18.4. The predicted octanol–water partition coefficient (Wildman–Crippen LogP) is 13.7. The van der Waals surface area contributed by atoms with Gasteiger partial charge in [0.05, 0.1) is 34.8 Å². The second-order valence-electron chi connectivity index (χ2n) is 21.7. The Hall–Kier alpha value is -8.48. The molecule has 3 atom stereocenters. The van der Waals surface area contributed by atoms with Crippen molar-refractivity contribution in [2.75, 3.05) is 6.26 Å². The van der Waals surface area contributed by atoms with Gasteiger partial charge in [0, 0.05) is 72.9 Å². The predicted molar refractivity (Wildman–Crippen MR) is 276 cm³/mol. The average Bonchev–Trinajstić information content (AvgIpc) is 1.60. The van der Waals surface area contributed by atoms with Crippen molar-refractivity contribution < 1.29 is 97.1 Å². The monoisotopic (exact) mass is 1320 g/mol. The van der Waals surface area contributed by atoms with Gasteiger partial charge in [-0.3, -0.25) is 0 Å². The largest absolute Gasteiger partial charge is 0.460 e. The first-order chi connectivity index (χ1) is 41.6. The van der Waals surface area contributed by atoms with E-state index in [-0.39, 0.29) is 99.6 Å². The first-order valence-corrected chi connectivity index (χ1v) is 26.9. The molecule has 12 rings (SSSR count). The van der Waals surface area contributed by atoms with Crippen molar-refractivity contribution in [3.63, 3.8) is 0 Å². The molecule has 3 aliphatic rings. The van der Waals surface area contributed by atoms with Gasteiger partial charge in [-0.05, 0) is 96.1 Å². The quantitative estimate of drug-likeness (QED) is 0.105. The van der Waals surface area contributed by atoms with Crippen LogP contribution in [0.4, 0.5) is 82.9 Å². The number of ether oxygens (including phenoxy) is 3. The van der Waals surface area contributed by atoms with E-state index >= 15 is 0 Å². The number of halogens is 19. The molecule has 0 amide bonds. The highest BCUT2D eigenvalue weighted by molar-refractivity contribution is 7.93. The van der Waals surface area contributed by atoms with Crippen molar-refractivity contribution >= 4 is 29.1 Å². The van der Waals surface area contributed by atoms with E-state index in [4.69, 9.17) is 0 Å². The van der Waals surface area contributed by atoms with Crippen LogP contribution in [-0.2, 0) is 0 Å². The molecule has 18 nitrogen and oxygen atoms in total. The van der Waals surface area contributed by atoms with Gasteiger partial charge < -0.3 is 14.2 Å². The summed E-state index contributed by atoms with van der Waals surface area (Å²) in [6.45, 7) is 4.49. The molecule has 0 spiro atoms. The van der Waals surface area contributed by atoms with E-state index in [1.54, 1.807) is 0 Å². The van der Waals surface area contributed by atoms with E-state index < -0.39 is 106 Å². The average molecular weight is 1320 g/mol. The first-order valence-electron chi connectivity index (χ1n) is 25.8. The third-order valence-electron chi connectivity index (χ3n) is 13.7. The Morgan fingerprint density at radius 1 is 0.422 bits per heavy atom. The lowest BCUT2D eigenvalue weighted by Gasteiger charge is -2.28. The van der Waals surface area contributed by atoms with Crippen LogP contribution in [0.5, 0.6) is 17.6 Å². The van der Waals surface area contributed by atoms with Crippen molar-refractivity contribution in [3.05, 3.63) is 108 Å². The summed E-state index contributed by atoms with van der Waals surface area (Å²) in [5.74, 6) is -17.8. The van der Waals surface area contributed by atoms with Crippen LogP contribution in [0.1, 0.15) is 96.0 Å². The minimum atomic E-state index is -4.73. The van der Waals surface area contributed by atoms with Crippen molar-refractivity contribution in [1.82, 2.24) is 74.4 Å². The van der Waals surface area contributed by atoms with Gasteiger partial charge in [-0.2, -0.15) is 72.2 Å². The molecule has 90 heavy (non-hydrogen) atoms. The fourth-order valence-corrected chi connectivity index (χ4v) is 7.83. The van der Waals surface area contributed by atoms with E-state index in [0.29, 0.717) is 0 Å². The standard InChI is InChI=1S/3C17H13F6N5O.CH3FS/c3*1-15(2,17(21,22)23)29-14-10(18)5-8(7-24-14)11-3-4-12-25-26-13(28(12)27-11)9-6-16(9,19)20;1-3-2/h3*3-5,7,9H,6H2,1-2H3;1H3/t2*9-;;/m10../s1. The van der Waals surface area contributed by atoms with Crippen LogP contribution < -0.4 is 14.2 Å². The van der Waals surface area contributed by atoms with Crippen LogP contribution in [-0.4, -0.2) is 134 Å². The van der Waals surface area contributed by atoms with Crippen LogP contribution >= 0.6 is 12.1 Å². The molecule has 482 valence electrons. The Bertz CT molecular complexity index is 3720. The Kier molecular flexibility index (Phi) is 16.9. The SMILES string of the molecule is CC(C)(Oc1ncc(-c2ccc3nnc(C4CC4(F)F)n3n2)cc1F)C(F)(F)F.CC(C)(Oc1ncc(-c2ccc3nnc([C@@H]4CC4(F)F)n3n2)cc1F)C(F)(F)F.CC(C)(Oc1ncc(-c2ccc3nnc([C@H]4CC4(F)F)n3n2)cc1F)C(F)(F)F.CSF. The highest BCUT2D eigenvalue weighted by Gasteiger charge is 2.62. The summed E-state index contributed by atoms with van der Waals surface area (Å²) < 4.78 is 267. The maximum Gasteiger partial charge on any atom is 0.427 e. The summed E-state index contributed by atoms with van der Waals surface area (Å²) in [5, 5.41) is 35.0. The van der Waals surface area contributed by atoms with Gasteiger partial charge in [0.25, 0.3) is 35.4 Å². The smallest absolute Gasteiger partial charge is 0.427 e. The second kappa shape index (κ2) is 23.1. The number of hydrogen-bond donors (Lipinski definition) is 0. The molecular formula is C52H42F19N15O3S. The van der Waals surface area contributed by atoms with Crippen molar-refractivity contribution in [2.45, 2.75) is 132 Å². The third kappa shape index (κ3) is 13.6. The van der Waals surface area contributed by atoms with Gasteiger partial charge in [-0.15, -0.1) is 30.6 Å². The number of hydrogen-bond acceptors (Lipinski definition) is 16. The van der Waals surface area contributed by atoms with E-state index in [2.05, 4.69) is 75.1 Å². The number of fused-ring (bicyclic) bond motifs is 3. The van der Waals surface area contributed by atoms with Crippen LogP contribution in [0, 0.1) is 17.5 Å². The molecule has 3 saturated carbocycles. The zero-order chi connectivity index (χ0) is 66.3. The van der Waals surface area contributed by atoms with E-state index in [1.165, 1.54) is 42.7 Å². The molecule has 0 aliphatic heterocycles. The Morgan fingerprint density at radius 2 is 0.644 bits per heavy atom. The molecule has 3 fully saturated rings. The van der Waals surface area contributed by atoms with Crippen LogP contribution in [0.25, 0.3) is 50.7 Å². The Morgan fingerprint density at radius 3 is 0.833 bits per heavy atom. The number of alkyl halides is 15. The Labute approximate surface area is 496 Å². The van der Waals surface area contributed by atoms with Crippen LogP contribution in [0.3, 0.4) is 0 Å². The maximum atomic E-state index is 14.3. The Balaban J connectivity index is 0.000000156. The lowest BCUT2D eigenvalue weighted by atomic mass is 10.1. The molecule has 9 heterocycles. The summed E-state index contributed by atoms with van der Waals surface area (Å²) in [6, 6.07) is 11.4. The summed E-state index contributed by atoms with van der Waals surface area (Å²) in [7, 11) is 0. The molecule has 0 bridgehead atoms. The van der Waals surface area contributed by atoms with Gasteiger partial charge in [-0.25, -0.2) is 54.5 Å². The maximum absolute atomic E-state index is 14.3. The molecule has 0 radical (unpaired) electrons. The lowest BCUT2D eigenvalue weighted by Crippen LogP contribution is -2.45. The van der Waals surface area contributed by atoms with Crippen molar-refractivity contribution in [3.8, 4) is 51.4 Å². The zero-order valence-electron chi connectivity index (χ0n) is 46.8. The number of aromatic nitrogens is 15. The molecule has 1 unspecified atom stereocenters. The van der Waals surface area contributed by atoms with Gasteiger partial charge in [0.15, 0.2) is 68.7 Å². The summed E-state index contributed by atoms with van der Waals surface area (Å²) >= 11 is 0.250. The second-order valence-corrected chi connectivity index (χ2v) is 22.0. The van der Waals surface area contributed by atoms with Gasteiger partial charge in [0.1, 0.15) is 0 Å². The van der Waals surface area contributed by atoms with E-state index in [0.717, 1.165) is 91.9 Å². The molecule has 0 saturated heterocycles. The number of rotatable bonds is 12. The third-order valence-corrected chi connectivity index (χ3v) is 13.7. The zero-order valence-corrected chi connectivity index (χ0v) is 47.6. The van der Waals surface area contributed by atoms with Crippen LogP contribution in [0.15, 0.2) is 73.2 Å². The first kappa shape index (κ1) is 66.0. The molecule has 3 aliphatic carbocycles. The fourth-order valence-electron chi connectivity index (χ4n) is 7.83. The minimum Gasteiger partial charge on any atom is -0.460 e. The summed E-state index contributed by atoms with van der Waals surface area (Å²) in [6.07, 6.45) is -10.7. The van der Waals surface area contributed by atoms with Crippen molar-refractivity contribution in [1.29, 1.82) is 0 Å². The summed E-state index contributed by atoms with van der Waals surface area (Å²) in [4.78, 5) is 10.8. The lowest BCUT2D eigenvalue weighted by molar-refractivity contribution is -0.236. The van der Waals surface area contributed by atoms with E-state index in [9.17, 15) is 82.9 Å². The highest BCUT2D eigenvalue weighted by Crippen LogP contribution is 2.57. The number of nitrogens with zero attached hydrogens (tertiary/aromatic N) is 15. The minimum absolute atomic E-state index is 0.0211. The molecule has 38 heteroatoms. The van der Waals surface area contributed by atoms with Crippen LogP contribution in [0.2, 0.25) is 0 Å². The van der Waals surface area contributed by atoms with Gasteiger partial charge in [0.2, 0.25) is 0 Å². The van der Waals surface area contributed by atoms with E-state index in [1.807, 2.05) is 0 Å².